The quantitative estimate of drug-likeness (QED) is 0.554. The molecule has 32 heavy (non-hydrogen) atoms. The summed E-state index contributed by atoms with van der Waals surface area (Å²) in [6.45, 7) is 4.85. The summed E-state index contributed by atoms with van der Waals surface area (Å²) in [5, 5.41) is 4.29. The predicted octanol–water partition coefficient (Wildman–Crippen LogP) is 3.25. The molecular weight excluding hydrogens is 402 g/mol. The van der Waals surface area contributed by atoms with Crippen molar-refractivity contribution in [2.75, 3.05) is 23.4 Å². The zero-order chi connectivity index (χ0) is 22.5. The van der Waals surface area contributed by atoms with Gasteiger partial charge in [-0.1, -0.05) is 12.1 Å². The number of fused-ring (bicyclic) bond motifs is 1. The van der Waals surface area contributed by atoms with Crippen LogP contribution in [-0.2, 0) is 18.4 Å². The molecule has 1 saturated heterocycles. The first-order valence-electron chi connectivity index (χ1n) is 10.8. The number of aryl methyl sites for hydroxylation is 1. The van der Waals surface area contributed by atoms with Gasteiger partial charge in [-0.3, -0.25) is 9.79 Å². The summed E-state index contributed by atoms with van der Waals surface area (Å²) in [5.74, 6) is 1.47. The van der Waals surface area contributed by atoms with Crippen molar-refractivity contribution in [3.63, 3.8) is 0 Å². The number of benzene rings is 1. The molecule has 1 aromatic carbocycles. The minimum absolute atomic E-state index is 0.0558. The van der Waals surface area contributed by atoms with E-state index >= 15 is 0 Å². The summed E-state index contributed by atoms with van der Waals surface area (Å²) in [4.78, 5) is 29.4. The van der Waals surface area contributed by atoms with Crippen molar-refractivity contribution in [3.05, 3.63) is 60.7 Å². The maximum atomic E-state index is 12.7. The van der Waals surface area contributed by atoms with Crippen LogP contribution in [0.3, 0.4) is 0 Å². The molecule has 1 aliphatic rings. The number of amides is 1. The molecule has 8 nitrogen and oxygen atoms in total. The highest BCUT2D eigenvalue weighted by molar-refractivity contribution is 5.81. The lowest BCUT2D eigenvalue weighted by atomic mass is 10.1. The molecule has 0 aliphatic carbocycles. The molecule has 8 heteroatoms. The zero-order valence-corrected chi connectivity index (χ0v) is 18.6. The third kappa shape index (κ3) is 4.80. The van der Waals surface area contributed by atoms with Gasteiger partial charge in [0.25, 0.3) is 0 Å². The molecule has 3 aromatic rings. The van der Waals surface area contributed by atoms with Gasteiger partial charge in [0.1, 0.15) is 5.82 Å². The number of carbonyl (C=O) groups excluding carboxylic acids is 1. The number of rotatable bonds is 8. The molecule has 3 heterocycles. The largest absolute Gasteiger partial charge is 0.353 e. The third-order valence-corrected chi connectivity index (χ3v) is 5.87. The summed E-state index contributed by atoms with van der Waals surface area (Å²) < 4.78 is 2.09. The fourth-order valence-electron chi connectivity index (χ4n) is 4.14. The van der Waals surface area contributed by atoms with Crippen LogP contribution in [-0.4, -0.2) is 46.8 Å². The van der Waals surface area contributed by atoms with Crippen LogP contribution in [0.5, 0.6) is 0 Å². The highest BCUT2D eigenvalue weighted by atomic mass is 16.1. The average Bonchev–Trinajstić information content (AvgIpc) is 3.42. The van der Waals surface area contributed by atoms with Crippen molar-refractivity contribution in [1.82, 2.24) is 19.9 Å². The number of aliphatic imine (C=N–C) groups is 1. The maximum absolute atomic E-state index is 12.7. The van der Waals surface area contributed by atoms with E-state index in [-0.39, 0.29) is 11.9 Å². The van der Waals surface area contributed by atoms with Crippen LogP contribution in [0.15, 0.2) is 60.1 Å². The number of hydrogen-bond acceptors (Lipinski definition) is 6. The number of hydrogen-bond donors (Lipinski definition) is 1. The summed E-state index contributed by atoms with van der Waals surface area (Å²) in [7, 11) is 3.89. The first-order valence-corrected chi connectivity index (χ1v) is 10.8. The van der Waals surface area contributed by atoms with Crippen LogP contribution in [0.4, 0.5) is 11.8 Å². The topological polar surface area (TPSA) is 78.7 Å². The number of carbonyl (C=O) groups is 1. The summed E-state index contributed by atoms with van der Waals surface area (Å²) in [5.41, 5.74) is 2.27. The first-order chi connectivity index (χ1) is 15.5. The van der Waals surface area contributed by atoms with Crippen LogP contribution in [0.1, 0.15) is 24.8 Å². The Hall–Kier alpha value is -3.68. The van der Waals surface area contributed by atoms with E-state index in [4.69, 9.17) is 0 Å². The van der Waals surface area contributed by atoms with Crippen molar-refractivity contribution < 1.29 is 4.79 Å². The Bertz CT molecular complexity index is 1140. The van der Waals surface area contributed by atoms with E-state index in [0.29, 0.717) is 18.9 Å². The Morgan fingerprint density at radius 3 is 3.09 bits per heavy atom. The van der Waals surface area contributed by atoms with Gasteiger partial charge in [0, 0.05) is 70.0 Å². The monoisotopic (exact) mass is 431 g/mol. The normalized spacial score (nSPS) is 16.1. The molecule has 1 atom stereocenters. The molecule has 0 spiro atoms. The first kappa shape index (κ1) is 21.5. The fourth-order valence-corrected chi connectivity index (χ4v) is 4.14. The second kappa shape index (κ2) is 9.64. The van der Waals surface area contributed by atoms with Gasteiger partial charge in [0.05, 0.1) is 0 Å². The van der Waals surface area contributed by atoms with Gasteiger partial charge in [0.2, 0.25) is 11.9 Å². The number of anilines is 2. The lowest BCUT2D eigenvalue weighted by Gasteiger charge is -2.26. The summed E-state index contributed by atoms with van der Waals surface area (Å²) in [6.07, 6.45) is 9.60. The predicted molar refractivity (Wildman–Crippen MR) is 129 cm³/mol. The molecule has 166 valence electrons. The van der Waals surface area contributed by atoms with E-state index in [2.05, 4.69) is 60.7 Å². The molecule has 0 unspecified atom stereocenters. The Morgan fingerprint density at radius 1 is 1.38 bits per heavy atom. The SMILES string of the molecule is C=N/C=C\N(C)c1nccc(N2CCC[C@@H]2CC(=O)NCc2ccc3ccn(C)c3c2)n1. The number of nitrogens with one attached hydrogen (secondary N) is 1. The minimum Gasteiger partial charge on any atom is -0.353 e. The molecule has 1 N–H and O–H groups in total. The second-order valence-corrected chi connectivity index (χ2v) is 8.10. The van der Waals surface area contributed by atoms with Gasteiger partial charge in [-0.25, -0.2) is 4.98 Å². The van der Waals surface area contributed by atoms with Crippen molar-refractivity contribution in [2.24, 2.45) is 12.0 Å². The van der Waals surface area contributed by atoms with E-state index in [0.717, 1.165) is 30.8 Å². The Kier molecular flexibility index (Phi) is 6.49. The van der Waals surface area contributed by atoms with Crippen LogP contribution >= 0.6 is 0 Å². The van der Waals surface area contributed by atoms with E-state index < -0.39 is 0 Å². The van der Waals surface area contributed by atoms with Gasteiger partial charge < -0.3 is 19.7 Å². The number of aromatic nitrogens is 3. The van der Waals surface area contributed by atoms with Crippen molar-refractivity contribution in [2.45, 2.75) is 31.8 Å². The van der Waals surface area contributed by atoms with Crippen LogP contribution in [0, 0.1) is 0 Å². The molecule has 2 aromatic heterocycles. The van der Waals surface area contributed by atoms with Gasteiger partial charge >= 0.3 is 0 Å². The van der Waals surface area contributed by atoms with Gasteiger partial charge in [0.15, 0.2) is 0 Å². The molecule has 0 bridgehead atoms. The molecule has 0 saturated carbocycles. The number of nitrogens with zero attached hydrogens (tertiary/aromatic N) is 6. The van der Waals surface area contributed by atoms with Crippen molar-refractivity contribution >= 4 is 35.3 Å². The Labute approximate surface area is 188 Å². The Morgan fingerprint density at radius 2 is 2.25 bits per heavy atom. The van der Waals surface area contributed by atoms with Crippen LogP contribution in [0.2, 0.25) is 0 Å². The van der Waals surface area contributed by atoms with E-state index in [1.807, 2.05) is 26.4 Å². The standard InChI is InChI=1S/C24H29N7O/c1-25-11-14-30(3)24-26-10-8-22(28-24)31-12-4-5-20(31)16-23(32)27-17-18-6-7-19-9-13-29(2)21(19)15-18/h6-11,13-15,20H,1,4-5,12,16-17H2,2-3H3,(H,27,32)/b14-11-/t20-/m1/s1. The van der Waals surface area contributed by atoms with E-state index in [9.17, 15) is 4.79 Å². The summed E-state index contributed by atoms with van der Waals surface area (Å²) in [6, 6.07) is 10.4. The molecule has 1 aliphatic heterocycles. The third-order valence-electron chi connectivity index (χ3n) is 5.87. The molecule has 1 fully saturated rings. The molecular formula is C24H29N7O. The highest BCUT2D eigenvalue weighted by Crippen LogP contribution is 2.27. The van der Waals surface area contributed by atoms with Crippen LogP contribution in [0.25, 0.3) is 10.9 Å². The van der Waals surface area contributed by atoms with Crippen molar-refractivity contribution in [3.8, 4) is 0 Å². The van der Waals surface area contributed by atoms with Gasteiger partial charge in [-0.15, -0.1) is 0 Å². The van der Waals surface area contributed by atoms with Crippen LogP contribution < -0.4 is 15.1 Å². The van der Waals surface area contributed by atoms with Gasteiger partial charge in [-0.2, -0.15) is 4.98 Å². The second-order valence-electron chi connectivity index (χ2n) is 8.10. The molecule has 4 rings (SSSR count). The minimum atomic E-state index is 0.0558. The lowest BCUT2D eigenvalue weighted by Crippen LogP contribution is -2.35. The fraction of sp³-hybridized carbons (Fsp3) is 0.333. The van der Waals surface area contributed by atoms with Crippen molar-refractivity contribution in [1.29, 1.82) is 0 Å². The average molecular weight is 432 g/mol. The zero-order valence-electron chi connectivity index (χ0n) is 18.6. The molecule has 0 radical (unpaired) electrons. The van der Waals surface area contributed by atoms with E-state index in [1.165, 1.54) is 10.9 Å². The lowest BCUT2D eigenvalue weighted by molar-refractivity contribution is -0.121. The highest BCUT2D eigenvalue weighted by Gasteiger charge is 2.28. The molecule has 1 amide bonds. The van der Waals surface area contributed by atoms with Gasteiger partial charge in [-0.05, 0) is 48.7 Å². The Balaban J connectivity index is 1.38. The smallest absolute Gasteiger partial charge is 0.231 e. The maximum Gasteiger partial charge on any atom is 0.231 e. The summed E-state index contributed by atoms with van der Waals surface area (Å²) >= 11 is 0. The van der Waals surface area contributed by atoms with E-state index in [1.54, 1.807) is 23.5 Å².